The van der Waals surface area contributed by atoms with Gasteiger partial charge in [0.05, 0.1) is 0 Å². The minimum absolute atomic E-state index is 0.785. The summed E-state index contributed by atoms with van der Waals surface area (Å²) in [6, 6.07) is 0.858. The van der Waals surface area contributed by atoms with E-state index in [1.54, 1.807) is 0 Å². The van der Waals surface area contributed by atoms with Crippen molar-refractivity contribution < 1.29 is 0 Å². The Bertz CT molecular complexity index is 128. The van der Waals surface area contributed by atoms with E-state index in [0.717, 1.165) is 18.5 Å². The summed E-state index contributed by atoms with van der Waals surface area (Å²) in [7, 11) is 0. The lowest BCUT2D eigenvalue weighted by atomic mass is 9.91. The molecular formula is C10H20ClNS. The summed E-state index contributed by atoms with van der Waals surface area (Å²) in [5, 5.41) is 0. The molecule has 0 bridgehead atoms. The molecule has 0 aliphatic heterocycles. The number of nitrogens with zero attached hydrogens (tertiary/aromatic N) is 1. The standard InChI is InChI=1S/C10H20ClNS/c1-2-13-9-8-12(7-6-11)10-4-3-5-10/h10H,2-9H2,1H3. The second kappa shape index (κ2) is 6.97. The Kier molecular flexibility index (Phi) is 6.26. The van der Waals surface area contributed by atoms with E-state index in [1.807, 2.05) is 11.8 Å². The molecule has 0 unspecified atom stereocenters. The van der Waals surface area contributed by atoms with Crippen LogP contribution in [-0.4, -0.2) is 41.4 Å². The average Bonchev–Trinajstić information content (AvgIpc) is 2.02. The van der Waals surface area contributed by atoms with Gasteiger partial charge in [-0.15, -0.1) is 11.6 Å². The first-order chi connectivity index (χ1) is 6.38. The fraction of sp³-hybridized carbons (Fsp3) is 1.00. The van der Waals surface area contributed by atoms with Gasteiger partial charge in [-0.25, -0.2) is 0 Å². The van der Waals surface area contributed by atoms with Crippen LogP contribution in [0.5, 0.6) is 0 Å². The Balaban J connectivity index is 2.12. The normalized spacial score (nSPS) is 17.8. The van der Waals surface area contributed by atoms with Gasteiger partial charge >= 0.3 is 0 Å². The Morgan fingerprint density at radius 1 is 1.38 bits per heavy atom. The minimum Gasteiger partial charge on any atom is -0.298 e. The van der Waals surface area contributed by atoms with Crippen molar-refractivity contribution in [2.75, 3.05) is 30.5 Å². The van der Waals surface area contributed by atoms with Gasteiger partial charge in [-0.05, 0) is 18.6 Å². The third kappa shape index (κ3) is 4.09. The summed E-state index contributed by atoms with van der Waals surface area (Å²) in [4.78, 5) is 2.57. The molecule has 1 nitrogen and oxygen atoms in total. The van der Waals surface area contributed by atoms with Crippen LogP contribution in [0.1, 0.15) is 26.2 Å². The maximum Gasteiger partial charge on any atom is 0.0351 e. The highest BCUT2D eigenvalue weighted by Crippen LogP contribution is 2.24. The number of rotatable bonds is 7. The minimum atomic E-state index is 0.785. The fourth-order valence-electron chi connectivity index (χ4n) is 1.66. The van der Waals surface area contributed by atoms with Crippen LogP contribution in [0.25, 0.3) is 0 Å². The van der Waals surface area contributed by atoms with E-state index in [1.165, 1.54) is 37.3 Å². The molecule has 0 N–H and O–H groups in total. The van der Waals surface area contributed by atoms with E-state index in [-0.39, 0.29) is 0 Å². The molecule has 0 atom stereocenters. The zero-order valence-electron chi connectivity index (χ0n) is 8.47. The lowest BCUT2D eigenvalue weighted by Crippen LogP contribution is -2.42. The molecule has 0 saturated heterocycles. The van der Waals surface area contributed by atoms with Crippen LogP contribution in [0.3, 0.4) is 0 Å². The molecule has 0 aromatic heterocycles. The van der Waals surface area contributed by atoms with Crippen molar-refractivity contribution in [3.63, 3.8) is 0 Å². The molecule has 0 spiro atoms. The number of alkyl halides is 1. The number of halogens is 1. The molecule has 0 aromatic carbocycles. The second-order valence-electron chi connectivity index (χ2n) is 3.51. The molecule has 78 valence electrons. The summed E-state index contributed by atoms with van der Waals surface area (Å²) in [5.74, 6) is 3.29. The van der Waals surface area contributed by atoms with Gasteiger partial charge in [-0.3, -0.25) is 4.90 Å². The quantitative estimate of drug-likeness (QED) is 0.481. The lowest BCUT2D eigenvalue weighted by Gasteiger charge is -2.37. The summed E-state index contributed by atoms with van der Waals surface area (Å²) in [6.45, 7) is 4.53. The molecular weight excluding hydrogens is 202 g/mol. The molecule has 3 heteroatoms. The summed E-state index contributed by atoms with van der Waals surface area (Å²) in [5.41, 5.74) is 0. The number of hydrogen-bond donors (Lipinski definition) is 0. The third-order valence-corrected chi connectivity index (χ3v) is 3.74. The van der Waals surface area contributed by atoms with Gasteiger partial charge in [0.2, 0.25) is 0 Å². The SMILES string of the molecule is CCSCCN(CCCl)C1CCC1. The van der Waals surface area contributed by atoms with Crippen molar-refractivity contribution in [2.45, 2.75) is 32.2 Å². The van der Waals surface area contributed by atoms with Gasteiger partial charge < -0.3 is 0 Å². The molecule has 0 heterocycles. The first-order valence-corrected chi connectivity index (χ1v) is 6.95. The molecule has 0 aromatic rings. The summed E-state index contributed by atoms with van der Waals surface area (Å²) >= 11 is 7.82. The van der Waals surface area contributed by atoms with Crippen molar-refractivity contribution in [3.8, 4) is 0 Å². The molecule has 1 fully saturated rings. The molecule has 1 saturated carbocycles. The summed E-state index contributed by atoms with van der Waals surface area (Å²) in [6.07, 6.45) is 4.21. The molecule has 13 heavy (non-hydrogen) atoms. The van der Waals surface area contributed by atoms with Crippen LogP contribution in [0, 0.1) is 0 Å². The lowest BCUT2D eigenvalue weighted by molar-refractivity contribution is 0.143. The predicted octanol–water partition coefficient (Wildman–Crippen LogP) is 2.83. The zero-order valence-corrected chi connectivity index (χ0v) is 10.0. The van der Waals surface area contributed by atoms with Crippen LogP contribution in [0.2, 0.25) is 0 Å². The zero-order chi connectivity index (χ0) is 9.52. The Hall–Kier alpha value is 0.600. The highest BCUT2D eigenvalue weighted by Gasteiger charge is 2.23. The van der Waals surface area contributed by atoms with Gasteiger partial charge in [-0.1, -0.05) is 13.3 Å². The van der Waals surface area contributed by atoms with E-state index in [2.05, 4.69) is 11.8 Å². The fourth-order valence-corrected chi connectivity index (χ4v) is 2.53. The monoisotopic (exact) mass is 221 g/mol. The summed E-state index contributed by atoms with van der Waals surface area (Å²) < 4.78 is 0. The first-order valence-electron chi connectivity index (χ1n) is 5.26. The van der Waals surface area contributed by atoms with Crippen LogP contribution in [0.15, 0.2) is 0 Å². The predicted molar refractivity (Wildman–Crippen MR) is 62.9 cm³/mol. The van der Waals surface area contributed by atoms with Crippen molar-refractivity contribution in [3.05, 3.63) is 0 Å². The maximum absolute atomic E-state index is 5.79. The van der Waals surface area contributed by atoms with E-state index in [4.69, 9.17) is 11.6 Å². The van der Waals surface area contributed by atoms with Crippen molar-refractivity contribution in [2.24, 2.45) is 0 Å². The second-order valence-corrected chi connectivity index (χ2v) is 5.28. The molecule has 1 rings (SSSR count). The Labute approximate surface area is 91.2 Å². The van der Waals surface area contributed by atoms with E-state index in [9.17, 15) is 0 Å². The third-order valence-electron chi connectivity index (χ3n) is 2.69. The van der Waals surface area contributed by atoms with Gasteiger partial charge in [0, 0.05) is 30.8 Å². The highest BCUT2D eigenvalue weighted by molar-refractivity contribution is 7.99. The van der Waals surface area contributed by atoms with E-state index >= 15 is 0 Å². The van der Waals surface area contributed by atoms with Crippen LogP contribution in [-0.2, 0) is 0 Å². The van der Waals surface area contributed by atoms with Crippen molar-refractivity contribution in [1.82, 2.24) is 4.90 Å². The molecule has 1 aliphatic rings. The topological polar surface area (TPSA) is 3.24 Å². The van der Waals surface area contributed by atoms with E-state index in [0.29, 0.717) is 0 Å². The first kappa shape index (κ1) is 11.7. The largest absolute Gasteiger partial charge is 0.298 e. The van der Waals surface area contributed by atoms with Crippen molar-refractivity contribution >= 4 is 23.4 Å². The van der Waals surface area contributed by atoms with Crippen molar-refractivity contribution in [1.29, 1.82) is 0 Å². The van der Waals surface area contributed by atoms with Gasteiger partial charge in [-0.2, -0.15) is 11.8 Å². The van der Waals surface area contributed by atoms with Gasteiger partial charge in [0.15, 0.2) is 0 Å². The highest BCUT2D eigenvalue weighted by atomic mass is 35.5. The number of thioether (sulfide) groups is 1. The molecule has 0 amide bonds. The van der Waals surface area contributed by atoms with E-state index < -0.39 is 0 Å². The smallest absolute Gasteiger partial charge is 0.0351 e. The molecule has 0 radical (unpaired) electrons. The Morgan fingerprint density at radius 2 is 2.15 bits per heavy atom. The average molecular weight is 222 g/mol. The van der Waals surface area contributed by atoms with Gasteiger partial charge in [0.1, 0.15) is 0 Å². The van der Waals surface area contributed by atoms with Crippen LogP contribution < -0.4 is 0 Å². The van der Waals surface area contributed by atoms with Crippen LogP contribution in [0.4, 0.5) is 0 Å². The number of hydrogen-bond acceptors (Lipinski definition) is 2. The van der Waals surface area contributed by atoms with Gasteiger partial charge in [0.25, 0.3) is 0 Å². The molecule has 1 aliphatic carbocycles. The Morgan fingerprint density at radius 3 is 2.62 bits per heavy atom. The van der Waals surface area contributed by atoms with Crippen LogP contribution >= 0.6 is 23.4 Å². The maximum atomic E-state index is 5.79.